The first-order valence-corrected chi connectivity index (χ1v) is 5.40. The fourth-order valence-electron chi connectivity index (χ4n) is 0.858. The van der Waals surface area contributed by atoms with Gasteiger partial charge in [0.05, 0.1) is 11.0 Å². The van der Waals surface area contributed by atoms with Crippen LogP contribution in [0.1, 0.15) is 0 Å². The van der Waals surface area contributed by atoms with Gasteiger partial charge in [-0.1, -0.05) is 0 Å². The Bertz CT molecular complexity index is 582. The van der Waals surface area contributed by atoms with Crippen molar-refractivity contribution < 1.29 is 35.1 Å². The van der Waals surface area contributed by atoms with Crippen LogP contribution in [-0.4, -0.2) is 18.8 Å². The Morgan fingerprint density at radius 2 is 1.83 bits per heavy atom. The van der Waals surface area contributed by atoms with Crippen LogP contribution in [0.2, 0.25) is 0 Å². The highest BCUT2D eigenvalue weighted by molar-refractivity contribution is 7.87. The lowest BCUT2D eigenvalue weighted by atomic mass is 10.3. The molecule has 0 saturated carbocycles. The van der Waals surface area contributed by atoms with E-state index < -0.39 is 37.8 Å². The minimum Gasteiger partial charge on any atom is -0.376 e. The van der Waals surface area contributed by atoms with Crippen LogP contribution in [0.15, 0.2) is 18.2 Å². The molecule has 0 aliphatic rings. The van der Waals surface area contributed by atoms with Crippen LogP contribution in [0.3, 0.4) is 0 Å². The Balaban J connectivity index is 3.15. The number of nitro groups is 1. The van der Waals surface area contributed by atoms with Crippen molar-refractivity contribution in [3.63, 3.8) is 0 Å². The van der Waals surface area contributed by atoms with E-state index in [9.17, 15) is 36.1 Å². The van der Waals surface area contributed by atoms with Gasteiger partial charge in [0.2, 0.25) is 5.82 Å². The molecule has 11 heteroatoms. The summed E-state index contributed by atoms with van der Waals surface area (Å²) >= 11 is 0. The average molecular weight is 289 g/mol. The van der Waals surface area contributed by atoms with Crippen molar-refractivity contribution in [2.45, 2.75) is 5.51 Å². The largest absolute Gasteiger partial charge is 0.534 e. The minimum absolute atomic E-state index is 0.235. The molecular weight excluding hydrogens is 286 g/mol. The zero-order valence-corrected chi connectivity index (χ0v) is 8.96. The number of hydrogen-bond acceptors (Lipinski definition) is 5. The van der Waals surface area contributed by atoms with Gasteiger partial charge < -0.3 is 4.18 Å². The van der Waals surface area contributed by atoms with E-state index in [0.717, 1.165) is 0 Å². The summed E-state index contributed by atoms with van der Waals surface area (Å²) in [4.78, 5) is 9.04. The van der Waals surface area contributed by atoms with Crippen LogP contribution < -0.4 is 4.18 Å². The molecule has 0 aliphatic heterocycles. The molecule has 1 rings (SSSR count). The normalized spacial score (nSPS) is 12.2. The van der Waals surface area contributed by atoms with Crippen molar-refractivity contribution in [3.8, 4) is 5.75 Å². The second-order valence-corrected chi connectivity index (χ2v) is 4.39. The summed E-state index contributed by atoms with van der Waals surface area (Å²) in [7, 11) is -5.95. The number of nitro benzene ring substituents is 1. The summed E-state index contributed by atoms with van der Waals surface area (Å²) in [6.45, 7) is 0. The summed E-state index contributed by atoms with van der Waals surface area (Å²) in [5.41, 5.74) is -6.89. The average Bonchev–Trinajstić information content (AvgIpc) is 2.18. The van der Waals surface area contributed by atoms with Crippen LogP contribution in [0.25, 0.3) is 0 Å². The highest BCUT2D eigenvalue weighted by atomic mass is 32.2. The summed E-state index contributed by atoms with van der Waals surface area (Å²) in [5, 5.41) is 10.3. The fraction of sp³-hybridized carbons (Fsp3) is 0.143. The van der Waals surface area contributed by atoms with E-state index >= 15 is 0 Å². The molecule has 0 radical (unpaired) electrons. The quantitative estimate of drug-likeness (QED) is 0.279. The summed E-state index contributed by atoms with van der Waals surface area (Å²) < 4.78 is 73.4. The zero-order valence-electron chi connectivity index (χ0n) is 8.14. The standard InChI is InChI=1S/C7H3F4NO5S/c8-5-2-1-4(3-6(5)12(13)14)17-18(15,16)7(9,10)11/h1-3H. The number of benzene rings is 1. The molecular formula is C7H3F4NO5S. The lowest BCUT2D eigenvalue weighted by Gasteiger charge is -2.09. The molecule has 1 aromatic carbocycles. The Kier molecular flexibility index (Phi) is 3.46. The Morgan fingerprint density at radius 3 is 2.28 bits per heavy atom. The summed E-state index contributed by atoms with van der Waals surface area (Å²) in [6.07, 6.45) is 0. The van der Waals surface area contributed by atoms with Gasteiger partial charge in [0, 0.05) is 0 Å². The van der Waals surface area contributed by atoms with Gasteiger partial charge in [-0.05, 0) is 12.1 Å². The maximum Gasteiger partial charge on any atom is 0.534 e. The highest BCUT2D eigenvalue weighted by Gasteiger charge is 2.48. The van der Waals surface area contributed by atoms with E-state index in [2.05, 4.69) is 4.18 Å². The number of hydrogen-bond donors (Lipinski definition) is 0. The molecule has 6 nitrogen and oxygen atoms in total. The molecule has 0 N–H and O–H groups in total. The van der Waals surface area contributed by atoms with E-state index in [4.69, 9.17) is 0 Å². The van der Waals surface area contributed by atoms with Crippen molar-refractivity contribution in [1.29, 1.82) is 0 Å². The molecule has 0 aromatic heterocycles. The number of halogens is 4. The molecule has 0 aliphatic carbocycles. The van der Waals surface area contributed by atoms with Gasteiger partial charge in [0.25, 0.3) is 0 Å². The lowest BCUT2D eigenvalue weighted by Crippen LogP contribution is -2.28. The molecule has 0 unspecified atom stereocenters. The van der Waals surface area contributed by atoms with Gasteiger partial charge in [0.15, 0.2) is 0 Å². The zero-order chi connectivity index (χ0) is 14.1. The fourth-order valence-corrected chi connectivity index (χ4v) is 1.31. The molecule has 1 aromatic rings. The highest BCUT2D eigenvalue weighted by Crippen LogP contribution is 2.29. The molecule has 100 valence electrons. The maximum absolute atomic E-state index is 12.8. The number of rotatable bonds is 3. The van der Waals surface area contributed by atoms with Crippen LogP contribution in [-0.2, 0) is 10.1 Å². The first kappa shape index (κ1) is 14.2. The van der Waals surface area contributed by atoms with Gasteiger partial charge in [-0.15, -0.1) is 0 Å². The minimum atomic E-state index is -5.95. The van der Waals surface area contributed by atoms with Gasteiger partial charge >= 0.3 is 21.3 Å². The first-order chi connectivity index (χ1) is 8.04. The molecule has 0 saturated heterocycles. The predicted molar refractivity (Wildman–Crippen MR) is 48.7 cm³/mol. The van der Waals surface area contributed by atoms with E-state index in [0.29, 0.717) is 12.1 Å². The Labute approximate surface area is 97.1 Å². The van der Waals surface area contributed by atoms with Crippen LogP contribution >= 0.6 is 0 Å². The van der Waals surface area contributed by atoms with Crippen molar-refractivity contribution in [1.82, 2.24) is 0 Å². The van der Waals surface area contributed by atoms with Gasteiger partial charge in [0.1, 0.15) is 5.75 Å². The Hall–Kier alpha value is -1.91. The van der Waals surface area contributed by atoms with E-state index in [-0.39, 0.29) is 6.07 Å². The SMILES string of the molecule is O=[N+]([O-])c1cc(OS(=O)(=O)C(F)(F)F)ccc1F. The molecule has 0 amide bonds. The summed E-state index contributed by atoms with van der Waals surface area (Å²) in [6, 6.07) is 1.17. The van der Waals surface area contributed by atoms with Gasteiger partial charge in [-0.25, -0.2) is 0 Å². The molecule has 0 bridgehead atoms. The molecule has 0 heterocycles. The maximum atomic E-state index is 12.8. The van der Waals surface area contributed by atoms with Crippen molar-refractivity contribution in [2.24, 2.45) is 0 Å². The van der Waals surface area contributed by atoms with Crippen LogP contribution in [0.5, 0.6) is 5.75 Å². The van der Waals surface area contributed by atoms with Crippen LogP contribution in [0, 0.1) is 15.9 Å². The first-order valence-electron chi connectivity index (χ1n) is 3.99. The molecule has 18 heavy (non-hydrogen) atoms. The van der Waals surface area contributed by atoms with E-state index in [1.807, 2.05) is 0 Å². The van der Waals surface area contributed by atoms with Crippen molar-refractivity contribution in [3.05, 3.63) is 34.1 Å². The third kappa shape index (κ3) is 2.85. The number of alkyl halides is 3. The van der Waals surface area contributed by atoms with Crippen molar-refractivity contribution >= 4 is 15.8 Å². The third-order valence-electron chi connectivity index (χ3n) is 1.60. The second kappa shape index (κ2) is 4.40. The molecule has 0 fully saturated rings. The summed E-state index contributed by atoms with van der Waals surface area (Å²) in [5.74, 6) is -2.35. The molecule has 0 atom stereocenters. The lowest BCUT2D eigenvalue weighted by molar-refractivity contribution is -0.387. The molecule has 0 spiro atoms. The van der Waals surface area contributed by atoms with Crippen LogP contribution in [0.4, 0.5) is 23.2 Å². The number of nitrogens with zero attached hydrogens (tertiary/aromatic N) is 1. The third-order valence-corrected chi connectivity index (χ3v) is 2.58. The van der Waals surface area contributed by atoms with Crippen molar-refractivity contribution in [2.75, 3.05) is 0 Å². The smallest absolute Gasteiger partial charge is 0.376 e. The van der Waals surface area contributed by atoms with Gasteiger partial charge in [-0.2, -0.15) is 26.0 Å². The second-order valence-electron chi connectivity index (χ2n) is 2.85. The van der Waals surface area contributed by atoms with Gasteiger partial charge in [-0.3, -0.25) is 10.1 Å². The Morgan fingerprint density at radius 1 is 1.28 bits per heavy atom. The predicted octanol–water partition coefficient (Wildman–Crippen LogP) is 1.96. The van der Waals surface area contributed by atoms with E-state index in [1.165, 1.54) is 0 Å². The topological polar surface area (TPSA) is 86.5 Å². The van der Waals surface area contributed by atoms with E-state index in [1.54, 1.807) is 0 Å². The monoisotopic (exact) mass is 289 g/mol.